The molecule has 0 fully saturated rings. The summed E-state index contributed by atoms with van der Waals surface area (Å²) < 4.78 is 5.53. The van der Waals surface area contributed by atoms with Gasteiger partial charge in [0, 0.05) is 18.9 Å². The molecule has 0 amide bonds. The van der Waals surface area contributed by atoms with Gasteiger partial charge in [-0.2, -0.15) is 5.26 Å². The number of aliphatic hydroxyl groups excluding tert-OH is 1. The van der Waals surface area contributed by atoms with Crippen LogP contribution in [0.2, 0.25) is 0 Å². The van der Waals surface area contributed by atoms with E-state index < -0.39 is 0 Å². The summed E-state index contributed by atoms with van der Waals surface area (Å²) in [5, 5.41) is 17.6. The van der Waals surface area contributed by atoms with E-state index in [1.54, 1.807) is 12.1 Å². The summed E-state index contributed by atoms with van der Waals surface area (Å²) in [5.41, 5.74) is 1.56. The summed E-state index contributed by atoms with van der Waals surface area (Å²) in [4.78, 5) is 4.03. The molecule has 18 heavy (non-hydrogen) atoms. The Kier molecular flexibility index (Phi) is 3.90. The highest BCUT2D eigenvalue weighted by Crippen LogP contribution is 2.20. The monoisotopic (exact) mass is 240 g/mol. The highest BCUT2D eigenvalue weighted by atomic mass is 16.5. The van der Waals surface area contributed by atoms with Crippen LogP contribution in [0.25, 0.3) is 0 Å². The molecular formula is C14H12N2O2. The SMILES string of the molecule is N#Cc1ccnc(Oc2ccc(CCO)cc2)c1. The highest BCUT2D eigenvalue weighted by Gasteiger charge is 2.00. The Morgan fingerprint density at radius 2 is 2.00 bits per heavy atom. The van der Waals surface area contributed by atoms with Gasteiger partial charge < -0.3 is 9.84 Å². The molecule has 0 aliphatic heterocycles. The molecule has 0 aliphatic rings. The Morgan fingerprint density at radius 1 is 1.22 bits per heavy atom. The lowest BCUT2D eigenvalue weighted by molar-refractivity contribution is 0.299. The first-order chi connectivity index (χ1) is 8.81. The molecule has 1 N–H and O–H groups in total. The van der Waals surface area contributed by atoms with E-state index in [2.05, 4.69) is 4.98 Å². The van der Waals surface area contributed by atoms with Gasteiger partial charge >= 0.3 is 0 Å². The lowest BCUT2D eigenvalue weighted by Gasteiger charge is -2.05. The van der Waals surface area contributed by atoms with Crippen LogP contribution >= 0.6 is 0 Å². The molecule has 0 atom stereocenters. The van der Waals surface area contributed by atoms with Gasteiger partial charge in [0.05, 0.1) is 11.6 Å². The molecular weight excluding hydrogens is 228 g/mol. The molecule has 4 nitrogen and oxygen atoms in total. The molecule has 0 radical (unpaired) electrons. The molecule has 0 spiro atoms. The Labute approximate surface area is 105 Å². The molecule has 0 saturated heterocycles. The van der Waals surface area contributed by atoms with E-state index in [-0.39, 0.29) is 6.61 Å². The maximum Gasteiger partial charge on any atom is 0.220 e. The minimum absolute atomic E-state index is 0.131. The normalized spacial score (nSPS) is 9.78. The third-order valence-electron chi connectivity index (χ3n) is 2.41. The van der Waals surface area contributed by atoms with Crippen molar-refractivity contribution in [2.24, 2.45) is 0 Å². The molecule has 4 heteroatoms. The van der Waals surface area contributed by atoms with Crippen LogP contribution in [0.4, 0.5) is 0 Å². The van der Waals surface area contributed by atoms with Crippen molar-refractivity contribution < 1.29 is 9.84 Å². The topological polar surface area (TPSA) is 66.1 Å². The fourth-order valence-corrected chi connectivity index (χ4v) is 1.51. The van der Waals surface area contributed by atoms with Gasteiger partial charge in [-0.3, -0.25) is 0 Å². The van der Waals surface area contributed by atoms with Gasteiger partial charge in [-0.15, -0.1) is 0 Å². The standard InChI is InChI=1S/C14H12N2O2/c15-10-12-5-7-16-14(9-12)18-13-3-1-11(2-4-13)6-8-17/h1-5,7,9,17H,6,8H2. The lowest BCUT2D eigenvalue weighted by Crippen LogP contribution is -1.91. The van der Waals surface area contributed by atoms with Gasteiger partial charge in [0.25, 0.3) is 0 Å². The summed E-state index contributed by atoms with van der Waals surface area (Å²) in [6.07, 6.45) is 2.16. The zero-order valence-electron chi connectivity index (χ0n) is 9.71. The summed E-state index contributed by atoms with van der Waals surface area (Å²) in [6.45, 7) is 0.131. The predicted molar refractivity (Wildman–Crippen MR) is 66.3 cm³/mol. The predicted octanol–water partition coefficient (Wildman–Crippen LogP) is 2.28. The van der Waals surface area contributed by atoms with E-state index in [0.717, 1.165) is 5.56 Å². The van der Waals surface area contributed by atoms with Crippen molar-refractivity contribution in [3.05, 3.63) is 53.7 Å². The van der Waals surface area contributed by atoms with Crippen molar-refractivity contribution in [1.82, 2.24) is 4.98 Å². The molecule has 0 bridgehead atoms. The number of aliphatic hydroxyl groups is 1. The quantitative estimate of drug-likeness (QED) is 0.890. The molecule has 2 aromatic rings. The molecule has 0 aliphatic carbocycles. The summed E-state index contributed by atoms with van der Waals surface area (Å²) in [6, 6.07) is 12.6. The average molecular weight is 240 g/mol. The van der Waals surface area contributed by atoms with E-state index in [9.17, 15) is 0 Å². The second-order valence-electron chi connectivity index (χ2n) is 3.71. The Hall–Kier alpha value is -2.38. The van der Waals surface area contributed by atoms with Crippen LogP contribution in [-0.4, -0.2) is 16.7 Å². The number of pyridine rings is 1. The first kappa shape index (κ1) is 12.1. The minimum Gasteiger partial charge on any atom is -0.439 e. The van der Waals surface area contributed by atoms with Gasteiger partial charge in [0.15, 0.2) is 0 Å². The van der Waals surface area contributed by atoms with Crippen molar-refractivity contribution in [2.75, 3.05) is 6.61 Å². The van der Waals surface area contributed by atoms with Crippen LogP contribution < -0.4 is 4.74 Å². The van der Waals surface area contributed by atoms with Crippen LogP contribution in [-0.2, 0) is 6.42 Å². The van der Waals surface area contributed by atoms with E-state index in [1.807, 2.05) is 30.3 Å². The van der Waals surface area contributed by atoms with Gasteiger partial charge in [0.1, 0.15) is 5.75 Å². The van der Waals surface area contributed by atoms with Crippen LogP contribution in [0.3, 0.4) is 0 Å². The summed E-state index contributed by atoms with van der Waals surface area (Å²) in [7, 11) is 0. The fraction of sp³-hybridized carbons (Fsp3) is 0.143. The van der Waals surface area contributed by atoms with Crippen LogP contribution in [0, 0.1) is 11.3 Å². The van der Waals surface area contributed by atoms with Crippen molar-refractivity contribution in [3.8, 4) is 17.7 Å². The largest absolute Gasteiger partial charge is 0.439 e. The van der Waals surface area contributed by atoms with Gasteiger partial charge in [-0.1, -0.05) is 12.1 Å². The summed E-state index contributed by atoms with van der Waals surface area (Å²) in [5.74, 6) is 1.04. The number of hydrogen-bond acceptors (Lipinski definition) is 4. The Morgan fingerprint density at radius 3 is 2.67 bits per heavy atom. The first-order valence-corrected chi connectivity index (χ1v) is 5.55. The number of nitriles is 1. The smallest absolute Gasteiger partial charge is 0.220 e. The number of benzene rings is 1. The van der Waals surface area contributed by atoms with Crippen molar-refractivity contribution in [3.63, 3.8) is 0 Å². The van der Waals surface area contributed by atoms with Crippen molar-refractivity contribution in [1.29, 1.82) is 5.26 Å². The van der Waals surface area contributed by atoms with Crippen LogP contribution in [0.1, 0.15) is 11.1 Å². The number of ether oxygens (including phenoxy) is 1. The summed E-state index contributed by atoms with van der Waals surface area (Å²) >= 11 is 0. The van der Waals surface area contributed by atoms with Crippen molar-refractivity contribution in [2.45, 2.75) is 6.42 Å². The molecule has 1 heterocycles. The maximum atomic E-state index is 8.81. The molecule has 0 saturated carbocycles. The van der Waals surface area contributed by atoms with E-state index in [1.165, 1.54) is 6.20 Å². The fourth-order valence-electron chi connectivity index (χ4n) is 1.51. The maximum absolute atomic E-state index is 8.81. The molecule has 1 aromatic carbocycles. The second-order valence-corrected chi connectivity index (χ2v) is 3.71. The van der Waals surface area contributed by atoms with E-state index >= 15 is 0 Å². The molecule has 0 unspecified atom stereocenters. The number of rotatable bonds is 4. The van der Waals surface area contributed by atoms with Crippen LogP contribution in [0.5, 0.6) is 11.6 Å². The zero-order valence-corrected chi connectivity index (χ0v) is 9.71. The third-order valence-corrected chi connectivity index (χ3v) is 2.41. The van der Waals surface area contributed by atoms with Crippen LogP contribution in [0.15, 0.2) is 42.6 Å². The molecule has 1 aromatic heterocycles. The zero-order chi connectivity index (χ0) is 12.8. The Bertz CT molecular complexity index is 559. The highest BCUT2D eigenvalue weighted by molar-refractivity contribution is 5.35. The minimum atomic E-state index is 0.131. The van der Waals surface area contributed by atoms with E-state index in [4.69, 9.17) is 15.1 Å². The Balaban J connectivity index is 2.11. The molecule has 90 valence electrons. The van der Waals surface area contributed by atoms with E-state index in [0.29, 0.717) is 23.6 Å². The van der Waals surface area contributed by atoms with Crippen molar-refractivity contribution >= 4 is 0 Å². The van der Waals surface area contributed by atoms with Gasteiger partial charge in [-0.25, -0.2) is 4.98 Å². The number of nitrogens with zero attached hydrogens (tertiary/aromatic N) is 2. The number of aromatic nitrogens is 1. The first-order valence-electron chi connectivity index (χ1n) is 5.55. The second kappa shape index (κ2) is 5.80. The number of hydrogen-bond donors (Lipinski definition) is 1. The van der Waals surface area contributed by atoms with Gasteiger partial charge in [0.2, 0.25) is 5.88 Å². The third kappa shape index (κ3) is 3.06. The average Bonchev–Trinajstić information content (AvgIpc) is 2.42. The molecule has 2 rings (SSSR count). The lowest BCUT2D eigenvalue weighted by atomic mass is 10.1. The van der Waals surface area contributed by atoms with Gasteiger partial charge in [-0.05, 0) is 30.2 Å².